The lowest BCUT2D eigenvalue weighted by molar-refractivity contribution is 0.132. The molecule has 1 atom stereocenters. The van der Waals surface area contributed by atoms with Gasteiger partial charge in [-0.3, -0.25) is 0 Å². The van der Waals surface area contributed by atoms with Crippen molar-refractivity contribution >= 4 is 8.32 Å². The van der Waals surface area contributed by atoms with Crippen LogP contribution in [-0.4, -0.2) is 21.0 Å². The van der Waals surface area contributed by atoms with Crippen molar-refractivity contribution in [3.63, 3.8) is 0 Å². The molecule has 1 aliphatic carbocycles. The van der Waals surface area contributed by atoms with Gasteiger partial charge in [-0.05, 0) is 42.9 Å². The van der Waals surface area contributed by atoms with Gasteiger partial charge in [0.15, 0.2) is 13.9 Å². The second-order valence-electron chi connectivity index (χ2n) is 5.81. The molecule has 0 aliphatic heterocycles. The Kier molecular flexibility index (Phi) is 3.22. The van der Waals surface area contributed by atoms with Crippen LogP contribution in [0.2, 0.25) is 19.6 Å². The van der Waals surface area contributed by atoms with Gasteiger partial charge in [0, 0.05) is 12.8 Å². The number of nitriles is 1. The Balaban J connectivity index is 2.29. The molecule has 2 rings (SSSR count). The quantitative estimate of drug-likeness (QED) is 0.786. The molecule has 0 saturated carbocycles. The fraction of sp³-hybridized carbons (Fsp3) is 0.500. The molecule has 0 spiro atoms. The van der Waals surface area contributed by atoms with Crippen LogP contribution in [0.15, 0.2) is 18.2 Å². The van der Waals surface area contributed by atoms with Crippen molar-refractivity contribution in [1.29, 1.82) is 5.26 Å². The molecule has 1 aromatic rings. The molecule has 0 unspecified atom stereocenters. The summed E-state index contributed by atoms with van der Waals surface area (Å²) in [6, 6.07) is 8.39. The maximum Gasteiger partial charge on any atom is 0.185 e. The molecule has 4 heteroatoms. The third-order valence-electron chi connectivity index (χ3n) is 3.07. The molecule has 0 fully saturated rings. The van der Waals surface area contributed by atoms with Crippen LogP contribution < -0.4 is 4.74 Å². The molecule has 0 saturated heterocycles. The number of nitrogens with zero attached hydrogens (tertiary/aromatic N) is 1. The van der Waals surface area contributed by atoms with Crippen molar-refractivity contribution in [2.24, 2.45) is 0 Å². The van der Waals surface area contributed by atoms with Crippen LogP contribution in [0.1, 0.15) is 11.1 Å². The monoisotopic (exact) mass is 261 g/mol. The van der Waals surface area contributed by atoms with Gasteiger partial charge in [-0.2, -0.15) is 5.26 Å². The van der Waals surface area contributed by atoms with E-state index in [4.69, 9.17) is 9.16 Å². The van der Waals surface area contributed by atoms with Gasteiger partial charge in [-0.1, -0.05) is 6.07 Å². The first kappa shape index (κ1) is 13.1. The molecule has 1 aromatic carbocycles. The van der Waals surface area contributed by atoms with Gasteiger partial charge in [-0.15, -0.1) is 0 Å². The zero-order chi connectivity index (χ0) is 13.4. The van der Waals surface area contributed by atoms with Gasteiger partial charge in [0.1, 0.15) is 5.75 Å². The Labute approximate surface area is 109 Å². The smallest absolute Gasteiger partial charge is 0.185 e. The van der Waals surface area contributed by atoms with Gasteiger partial charge in [-0.25, -0.2) is 0 Å². The molecule has 0 amide bonds. The van der Waals surface area contributed by atoms with E-state index in [9.17, 15) is 5.26 Å². The summed E-state index contributed by atoms with van der Waals surface area (Å²) in [5, 5.41) is 9.49. The van der Waals surface area contributed by atoms with Crippen molar-refractivity contribution in [2.45, 2.75) is 38.1 Å². The van der Waals surface area contributed by atoms with Gasteiger partial charge in [0.2, 0.25) is 0 Å². The first-order valence-electron chi connectivity index (χ1n) is 6.15. The third kappa shape index (κ3) is 2.58. The fourth-order valence-corrected chi connectivity index (χ4v) is 3.87. The predicted octanol–water partition coefficient (Wildman–Crippen LogP) is 2.91. The highest BCUT2D eigenvalue weighted by Crippen LogP contribution is 2.36. The van der Waals surface area contributed by atoms with Crippen LogP contribution in [0.5, 0.6) is 5.75 Å². The minimum absolute atomic E-state index is 0.667. The van der Waals surface area contributed by atoms with Crippen molar-refractivity contribution < 1.29 is 9.16 Å². The highest BCUT2D eigenvalue weighted by molar-refractivity contribution is 6.69. The first-order valence-corrected chi connectivity index (χ1v) is 9.55. The maximum atomic E-state index is 9.49. The first-order chi connectivity index (χ1) is 8.37. The van der Waals surface area contributed by atoms with Crippen LogP contribution in [-0.2, 0) is 17.3 Å². The predicted molar refractivity (Wildman–Crippen MR) is 73.2 cm³/mol. The lowest BCUT2D eigenvalue weighted by atomic mass is 10.0. The highest BCUT2D eigenvalue weighted by Gasteiger charge is 2.41. The summed E-state index contributed by atoms with van der Waals surface area (Å²) in [5.74, 6) is 0.843. The van der Waals surface area contributed by atoms with Crippen LogP contribution in [0.25, 0.3) is 0 Å². The second-order valence-corrected chi connectivity index (χ2v) is 10.2. The molecular formula is C14H19NO2Si. The number of rotatable bonds is 3. The SMILES string of the molecule is COc1ccc2c(c1)C[C@@](C#N)(O[Si](C)(C)C)C2. The van der Waals surface area contributed by atoms with E-state index in [2.05, 4.69) is 25.7 Å². The Bertz CT molecular complexity index is 501. The molecule has 0 aromatic heterocycles. The van der Waals surface area contributed by atoms with Gasteiger partial charge < -0.3 is 9.16 Å². The van der Waals surface area contributed by atoms with Crippen molar-refractivity contribution in [1.82, 2.24) is 0 Å². The zero-order valence-electron chi connectivity index (χ0n) is 11.4. The van der Waals surface area contributed by atoms with Gasteiger partial charge in [0.05, 0.1) is 13.2 Å². The summed E-state index contributed by atoms with van der Waals surface area (Å²) in [6.07, 6.45) is 1.35. The van der Waals surface area contributed by atoms with Gasteiger partial charge >= 0.3 is 0 Å². The van der Waals surface area contributed by atoms with Crippen molar-refractivity contribution in [3.05, 3.63) is 29.3 Å². The Hall–Kier alpha value is -1.31. The lowest BCUT2D eigenvalue weighted by Crippen LogP contribution is -2.42. The maximum absolute atomic E-state index is 9.49. The molecule has 1 aliphatic rings. The van der Waals surface area contributed by atoms with Crippen LogP contribution in [0, 0.1) is 11.3 Å². The highest BCUT2D eigenvalue weighted by atomic mass is 28.4. The third-order valence-corrected chi connectivity index (χ3v) is 4.07. The standard InChI is InChI=1S/C14H19NO2Si/c1-16-13-6-5-11-8-14(10-15,9-12(11)7-13)17-18(2,3)4/h5-7H,8-9H2,1-4H3/t14-/m0/s1. The van der Waals surface area contributed by atoms with Crippen LogP contribution in [0.3, 0.4) is 0 Å². The van der Waals surface area contributed by atoms with E-state index in [1.165, 1.54) is 11.1 Å². The number of ether oxygens (including phenoxy) is 1. The van der Waals surface area contributed by atoms with E-state index in [1.54, 1.807) is 7.11 Å². The normalized spacial score (nSPS) is 22.4. The molecule has 96 valence electrons. The minimum atomic E-state index is -1.73. The molecule has 0 bridgehead atoms. The topological polar surface area (TPSA) is 42.2 Å². The average Bonchev–Trinajstić information content (AvgIpc) is 2.63. The molecule has 3 nitrogen and oxygen atoms in total. The Morgan fingerprint density at radius 3 is 2.44 bits per heavy atom. The molecule has 18 heavy (non-hydrogen) atoms. The Morgan fingerprint density at radius 2 is 1.89 bits per heavy atom. The largest absolute Gasteiger partial charge is 0.497 e. The number of benzene rings is 1. The summed E-state index contributed by atoms with van der Waals surface area (Å²) < 4.78 is 11.4. The fourth-order valence-electron chi connectivity index (χ4n) is 2.50. The van der Waals surface area contributed by atoms with Crippen molar-refractivity contribution in [2.75, 3.05) is 7.11 Å². The van der Waals surface area contributed by atoms with E-state index < -0.39 is 13.9 Å². The van der Waals surface area contributed by atoms with E-state index in [0.717, 1.165) is 5.75 Å². The summed E-state index contributed by atoms with van der Waals surface area (Å²) >= 11 is 0. The molecular weight excluding hydrogens is 242 g/mol. The van der Waals surface area contributed by atoms with Crippen LogP contribution in [0.4, 0.5) is 0 Å². The Morgan fingerprint density at radius 1 is 1.22 bits per heavy atom. The number of hydrogen-bond acceptors (Lipinski definition) is 3. The summed E-state index contributed by atoms with van der Waals surface area (Å²) in [6.45, 7) is 6.36. The lowest BCUT2D eigenvalue weighted by Gasteiger charge is -2.29. The van der Waals surface area contributed by atoms with E-state index in [-0.39, 0.29) is 0 Å². The minimum Gasteiger partial charge on any atom is -0.497 e. The molecule has 0 heterocycles. The van der Waals surface area contributed by atoms with Crippen LogP contribution >= 0.6 is 0 Å². The van der Waals surface area contributed by atoms with Crippen molar-refractivity contribution in [3.8, 4) is 11.8 Å². The average molecular weight is 261 g/mol. The second kappa shape index (κ2) is 4.41. The van der Waals surface area contributed by atoms with Gasteiger partial charge in [0.25, 0.3) is 0 Å². The number of methoxy groups -OCH3 is 1. The number of hydrogen-bond donors (Lipinski definition) is 0. The van der Waals surface area contributed by atoms with E-state index in [0.29, 0.717) is 12.8 Å². The van der Waals surface area contributed by atoms with E-state index >= 15 is 0 Å². The summed E-state index contributed by atoms with van der Waals surface area (Å²) in [7, 11) is -0.0708. The molecule has 0 N–H and O–H groups in total. The summed E-state index contributed by atoms with van der Waals surface area (Å²) in [5.41, 5.74) is 1.71. The summed E-state index contributed by atoms with van der Waals surface area (Å²) in [4.78, 5) is 0. The van der Waals surface area contributed by atoms with E-state index in [1.807, 2.05) is 18.2 Å². The number of fused-ring (bicyclic) bond motifs is 1. The zero-order valence-corrected chi connectivity index (χ0v) is 12.4. The molecule has 0 radical (unpaired) electrons.